The largest absolute Gasteiger partial charge is 0.507 e. The topological polar surface area (TPSA) is 46.0 Å². The lowest BCUT2D eigenvalue weighted by molar-refractivity contribution is 0.477. The van der Waals surface area contributed by atoms with Gasteiger partial charge in [0.25, 0.3) is 0 Å². The van der Waals surface area contributed by atoms with Crippen molar-refractivity contribution in [2.45, 2.75) is 0 Å². The first-order valence-corrected chi connectivity index (χ1v) is 7.74. The van der Waals surface area contributed by atoms with E-state index in [1.54, 1.807) is 12.1 Å². The van der Waals surface area contributed by atoms with Crippen LogP contribution in [0.25, 0.3) is 31.9 Å². The van der Waals surface area contributed by atoms with Crippen LogP contribution < -0.4 is 0 Å². The average molecular weight is 304 g/mol. The van der Waals surface area contributed by atoms with Gasteiger partial charge in [-0.05, 0) is 22.9 Å². The molecule has 1 N–H and O–H groups in total. The van der Waals surface area contributed by atoms with Crippen LogP contribution in [0.1, 0.15) is 0 Å². The number of phenolic OH excluding ortho intramolecular Hbond substituents is 1. The van der Waals surface area contributed by atoms with Crippen molar-refractivity contribution in [1.29, 1.82) is 0 Å². The molecule has 0 unspecified atom stereocenters. The molecule has 0 bridgehead atoms. The summed E-state index contributed by atoms with van der Waals surface area (Å²) in [4.78, 5) is 0. The van der Waals surface area contributed by atoms with E-state index in [9.17, 15) is 5.11 Å². The highest BCUT2D eigenvalue weighted by atomic mass is 32.1. The molecule has 3 nitrogen and oxygen atoms in total. The molecule has 4 aromatic rings. The smallest absolute Gasteiger partial charge is 0.151 e. The minimum absolute atomic E-state index is 0.225. The Labute approximate surface area is 131 Å². The molecule has 106 valence electrons. The van der Waals surface area contributed by atoms with Crippen molar-refractivity contribution >= 4 is 22.1 Å². The summed E-state index contributed by atoms with van der Waals surface area (Å²) < 4.78 is 0. The Bertz CT molecular complexity index is 957. The van der Waals surface area contributed by atoms with Crippen LogP contribution in [-0.4, -0.2) is 15.3 Å². The van der Waals surface area contributed by atoms with Crippen LogP contribution in [0, 0.1) is 0 Å². The van der Waals surface area contributed by atoms with Gasteiger partial charge >= 0.3 is 0 Å². The summed E-state index contributed by atoms with van der Waals surface area (Å²) in [5.41, 5.74) is 1.78. The van der Waals surface area contributed by atoms with E-state index in [-0.39, 0.29) is 5.75 Å². The van der Waals surface area contributed by atoms with Gasteiger partial charge < -0.3 is 5.11 Å². The number of hydrogen-bond acceptors (Lipinski definition) is 4. The first kappa shape index (κ1) is 13.0. The molecule has 0 atom stereocenters. The number of aromatic hydroxyl groups is 1. The number of rotatable bonds is 2. The van der Waals surface area contributed by atoms with Gasteiger partial charge in [0, 0.05) is 5.56 Å². The van der Waals surface area contributed by atoms with Crippen LogP contribution in [0.4, 0.5) is 0 Å². The normalized spacial score (nSPS) is 10.9. The van der Waals surface area contributed by atoms with Crippen molar-refractivity contribution in [2.24, 2.45) is 0 Å². The van der Waals surface area contributed by atoms with E-state index < -0.39 is 0 Å². The van der Waals surface area contributed by atoms with Gasteiger partial charge in [0.2, 0.25) is 0 Å². The molecule has 1 heterocycles. The van der Waals surface area contributed by atoms with Crippen LogP contribution in [-0.2, 0) is 0 Å². The molecule has 4 rings (SSSR count). The maximum absolute atomic E-state index is 9.95. The highest BCUT2D eigenvalue weighted by Crippen LogP contribution is 2.36. The second-order valence-electron chi connectivity index (χ2n) is 4.96. The van der Waals surface area contributed by atoms with Gasteiger partial charge in [-0.25, -0.2) is 0 Å². The van der Waals surface area contributed by atoms with Crippen LogP contribution in [0.2, 0.25) is 0 Å². The molecule has 0 aliphatic rings. The van der Waals surface area contributed by atoms with Crippen LogP contribution in [0.3, 0.4) is 0 Å². The molecule has 0 aliphatic heterocycles. The molecular weight excluding hydrogens is 292 g/mol. The minimum atomic E-state index is 0.225. The molecule has 4 heteroatoms. The number of nitrogens with zero attached hydrogens (tertiary/aromatic N) is 2. The Kier molecular flexibility index (Phi) is 3.09. The van der Waals surface area contributed by atoms with Gasteiger partial charge in [-0.1, -0.05) is 65.9 Å². The van der Waals surface area contributed by atoms with E-state index in [2.05, 4.69) is 34.5 Å². The molecule has 0 radical (unpaired) electrons. The lowest BCUT2D eigenvalue weighted by atomic mass is 10.1. The molecule has 0 fully saturated rings. The van der Waals surface area contributed by atoms with Crippen molar-refractivity contribution in [1.82, 2.24) is 10.2 Å². The van der Waals surface area contributed by atoms with Crippen molar-refractivity contribution in [3.8, 4) is 26.9 Å². The van der Waals surface area contributed by atoms with Gasteiger partial charge in [0.15, 0.2) is 5.01 Å². The predicted octanol–water partition coefficient (Wildman–Crippen LogP) is 4.73. The molecular formula is C18H12N2OS. The molecule has 0 aliphatic carbocycles. The summed E-state index contributed by atoms with van der Waals surface area (Å²) in [5, 5.41) is 22.4. The molecule has 22 heavy (non-hydrogen) atoms. The number of phenols is 1. The monoisotopic (exact) mass is 304 g/mol. The van der Waals surface area contributed by atoms with Crippen molar-refractivity contribution in [3.05, 3.63) is 66.7 Å². The van der Waals surface area contributed by atoms with E-state index in [0.29, 0.717) is 5.56 Å². The van der Waals surface area contributed by atoms with Gasteiger partial charge in [0.1, 0.15) is 10.8 Å². The fourth-order valence-electron chi connectivity index (χ4n) is 2.51. The molecule has 1 aromatic heterocycles. The van der Waals surface area contributed by atoms with Gasteiger partial charge in [-0.15, -0.1) is 10.2 Å². The second-order valence-corrected chi connectivity index (χ2v) is 5.93. The zero-order chi connectivity index (χ0) is 14.9. The summed E-state index contributed by atoms with van der Waals surface area (Å²) in [5.74, 6) is 0.225. The fourth-order valence-corrected chi connectivity index (χ4v) is 3.42. The van der Waals surface area contributed by atoms with Crippen molar-refractivity contribution in [2.75, 3.05) is 0 Å². The maximum Gasteiger partial charge on any atom is 0.151 e. The van der Waals surface area contributed by atoms with E-state index in [4.69, 9.17) is 0 Å². The molecule has 0 saturated carbocycles. The Morgan fingerprint density at radius 1 is 0.682 bits per heavy atom. The third-order valence-electron chi connectivity index (χ3n) is 3.58. The molecule has 0 spiro atoms. The zero-order valence-corrected chi connectivity index (χ0v) is 12.4. The number of aromatic nitrogens is 2. The Morgan fingerprint density at radius 2 is 1.32 bits per heavy atom. The number of para-hydroxylation sites is 1. The Hall–Kier alpha value is -2.72. The molecule has 0 saturated heterocycles. The van der Waals surface area contributed by atoms with Gasteiger partial charge in [-0.2, -0.15) is 0 Å². The first-order valence-electron chi connectivity index (χ1n) is 6.93. The lowest BCUT2D eigenvalue weighted by Gasteiger charge is -2.02. The maximum atomic E-state index is 9.95. The number of fused-ring (bicyclic) bond motifs is 1. The summed E-state index contributed by atoms with van der Waals surface area (Å²) >= 11 is 1.49. The fraction of sp³-hybridized carbons (Fsp3) is 0. The van der Waals surface area contributed by atoms with Crippen LogP contribution in [0.15, 0.2) is 66.7 Å². The van der Waals surface area contributed by atoms with E-state index in [0.717, 1.165) is 21.0 Å². The quantitative estimate of drug-likeness (QED) is 0.582. The number of hydrogen-bond donors (Lipinski definition) is 1. The van der Waals surface area contributed by atoms with Crippen LogP contribution >= 0.6 is 11.3 Å². The van der Waals surface area contributed by atoms with Crippen LogP contribution in [0.5, 0.6) is 5.75 Å². The Morgan fingerprint density at radius 3 is 2.18 bits per heavy atom. The average Bonchev–Trinajstić information content (AvgIpc) is 3.04. The predicted molar refractivity (Wildman–Crippen MR) is 90.0 cm³/mol. The lowest BCUT2D eigenvalue weighted by Crippen LogP contribution is -1.80. The zero-order valence-electron chi connectivity index (χ0n) is 11.6. The minimum Gasteiger partial charge on any atom is -0.507 e. The van der Waals surface area contributed by atoms with E-state index in [1.165, 1.54) is 16.7 Å². The van der Waals surface area contributed by atoms with Gasteiger partial charge in [-0.3, -0.25) is 0 Å². The standard InChI is InChI=1S/C18H12N2OS/c21-16-11-4-3-9-15(16)18-20-19-17(22-18)14-10-5-7-12-6-1-2-8-13(12)14/h1-11,21H. The SMILES string of the molecule is Oc1ccccc1-c1nnc(-c2cccc3ccccc23)s1. The van der Waals surface area contributed by atoms with E-state index in [1.807, 2.05) is 30.3 Å². The summed E-state index contributed by atoms with van der Waals surface area (Å²) in [6, 6.07) is 21.6. The first-order chi connectivity index (χ1) is 10.8. The molecule has 0 amide bonds. The summed E-state index contributed by atoms with van der Waals surface area (Å²) in [7, 11) is 0. The highest BCUT2D eigenvalue weighted by Gasteiger charge is 2.13. The third-order valence-corrected chi connectivity index (χ3v) is 4.57. The summed E-state index contributed by atoms with van der Waals surface area (Å²) in [6.07, 6.45) is 0. The second kappa shape index (κ2) is 5.24. The third kappa shape index (κ3) is 2.14. The molecule has 3 aromatic carbocycles. The van der Waals surface area contributed by atoms with Gasteiger partial charge in [0.05, 0.1) is 5.56 Å². The van der Waals surface area contributed by atoms with Crippen molar-refractivity contribution < 1.29 is 5.11 Å². The Balaban J connectivity index is 1.86. The highest BCUT2D eigenvalue weighted by molar-refractivity contribution is 7.18. The van der Waals surface area contributed by atoms with Crippen molar-refractivity contribution in [3.63, 3.8) is 0 Å². The van der Waals surface area contributed by atoms with E-state index >= 15 is 0 Å². The number of benzene rings is 3. The summed E-state index contributed by atoms with van der Waals surface area (Å²) in [6.45, 7) is 0.